The number of carbonyl (C=O) groups is 1. The Kier molecular flexibility index (Phi) is 5.73. The number of ether oxygens (including phenoxy) is 1. The lowest BCUT2D eigenvalue weighted by molar-refractivity contribution is -0.136. The lowest BCUT2D eigenvalue weighted by Gasteiger charge is -2.23. The van der Waals surface area contributed by atoms with Crippen LogP contribution in [-0.4, -0.2) is 44.4 Å². The minimum atomic E-state index is -4.63. The Bertz CT molecular complexity index is 1560. The van der Waals surface area contributed by atoms with Crippen LogP contribution in [0.15, 0.2) is 60.9 Å². The summed E-state index contributed by atoms with van der Waals surface area (Å²) in [6.45, 7) is 6.27. The van der Waals surface area contributed by atoms with Crippen LogP contribution < -0.4 is 10.5 Å². The lowest BCUT2D eigenvalue weighted by atomic mass is 9.95. The van der Waals surface area contributed by atoms with Crippen LogP contribution in [0.5, 0.6) is 5.88 Å². The zero-order valence-electron chi connectivity index (χ0n) is 21.7. The number of aryl methyl sites for hydroxylation is 1. The van der Waals surface area contributed by atoms with Crippen LogP contribution in [0.3, 0.4) is 0 Å². The summed E-state index contributed by atoms with van der Waals surface area (Å²) in [6, 6.07) is 14.5. The molecular weight excluding hydrogens is 507 g/mol. The van der Waals surface area contributed by atoms with Crippen LogP contribution in [-0.2, 0) is 11.7 Å². The van der Waals surface area contributed by atoms with Crippen LogP contribution >= 0.6 is 0 Å². The first-order valence-corrected chi connectivity index (χ1v) is 12.8. The zero-order valence-corrected chi connectivity index (χ0v) is 21.7. The van der Waals surface area contributed by atoms with Crippen LogP contribution in [0.2, 0.25) is 0 Å². The number of pyridine rings is 2. The predicted molar refractivity (Wildman–Crippen MR) is 139 cm³/mol. The molecule has 2 aliphatic rings. The Morgan fingerprint density at radius 3 is 2.36 bits per heavy atom. The summed E-state index contributed by atoms with van der Waals surface area (Å²) in [7, 11) is 0. The second-order valence-corrected chi connectivity index (χ2v) is 11.0. The highest BCUT2D eigenvalue weighted by atomic mass is 19.4. The highest BCUT2D eigenvalue weighted by molar-refractivity contribution is 5.95. The molecule has 7 nitrogen and oxygen atoms in total. The average molecular weight is 536 g/mol. The van der Waals surface area contributed by atoms with E-state index in [9.17, 15) is 18.0 Å². The van der Waals surface area contributed by atoms with Gasteiger partial charge in [0.05, 0.1) is 22.5 Å². The number of amides is 1. The predicted octanol–water partition coefficient (Wildman–Crippen LogP) is 5.07. The summed E-state index contributed by atoms with van der Waals surface area (Å²) >= 11 is 0. The number of alkyl halides is 3. The van der Waals surface area contributed by atoms with E-state index in [2.05, 4.69) is 4.98 Å². The number of nitrogens with two attached hydrogens (primary N) is 1. The number of nitrogens with zero attached hydrogens (tertiary/aromatic N) is 4. The number of rotatable bonds is 5. The van der Waals surface area contributed by atoms with E-state index in [1.165, 1.54) is 16.8 Å². The smallest absolute Gasteiger partial charge is 0.420 e. The Hall–Kier alpha value is -3.92. The number of halogens is 3. The molecule has 2 N–H and O–H groups in total. The molecule has 1 aliphatic heterocycles. The van der Waals surface area contributed by atoms with E-state index in [-0.39, 0.29) is 29.2 Å². The SMILES string of the molecule is Cc1cn2cc(C(=O)N3C[C@@H]4C(Oc5cc(C(C)(C)N)cc(-c6ccccc6)n5)[C@@H]4C3)cc(C(F)(F)F)c2n1. The van der Waals surface area contributed by atoms with E-state index in [4.69, 9.17) is 15.5 Å². The molecule has 10 heteroatoms. The molecule has 1 amide bonds. The number of hydrogen-bond donors (Lipinski definition) is 1. The first-order chi connectivity index (χ1) is 18.4. The van der Waals surface area contributed by atoms with Gasteiger partial charge in [0.1, 0.15) is 11.8 Å². The Morgan fingerprint density at radius 2 is 1.72 bits per heavy atom. The number of hydrogen-bond acceptors (Lipinski definition) is 5. The van der Waals surface area contributed by atoms with Crippen molar-refractivity contribution < 1.29 is 22.7 Å². The molecule has 0 bridgehead atoms. The van der Waals surface area contributed by atoms with Crippen molar-refractivity contribution in [1.82, 2.24) is 19.3 Å². The Morgan fingerprint density at radius 1 is 1.03 bits per heavy atom. The molecule has 3 aromatic heterocycles. The molecule has 0 spiro atoms. The van der Waals surface area contributed by atoms with E-state index in [1.54, 1.807) is 11.8 Å². The quantitative estimate of drug-likeness (QED) is 0.386. The zero-order chi connectivity index (χ0) is 27.7. The van der Waals surface area contributed by atoms with Gasteiger partial charge in [0.15, 0.2) is 0 Å². The van der Waals surface area contributed by atoms with E-state index in [1.807, 2.05) is 56.3 Å². The molecule has 39 heavy (non-hydrogen) atoms. The first kappa shape index (κ1) is 25.4. The molecular formula is C29H28F3N5O2. The van der Waals surface area contributed by atoms with Crippen LogP contribution in [0.1, 0.15) is 41.0 Å². The third-order valence-electron chi connectivity index (χ3n) is 7.50. The third kappa shape index (κ3) is 4.73. The van der Waals surface area contributed by atoms with Gasteiger partial charge in [-0.1, -0.05) is 30.3 Å². The number of carbonyl (C=O) groups excluding carboxylic acids is 1. The highest BCUT2D eigenvalue weighted by Gasteiger charge is 2.59. The summed E-state index contributed by atoms with van der Waals surface area (Å²) in [6.07, 6.45) is -1.84. The highest BCUT2D eigenvalue weighted by Crippen LogP contribution is 2.48. The van der Waals surface area contributed by atoms with Gasteiger partial charge in [-0.25, -0.2) is 9.97 Å². The second kappa shape index (κ2) is 8.81. The molecule has 3 atom stereocenters. The van der Waals surface area contributed by atoms with E-state index >= 15 is 0 Å². The number of likely N-dealkylation sites (tertiary alicyclic amines) is 1. The first-order valence-electron chi connectivity index (χ1n) is 12.8. The van der Waals surface area contributed by atoms with Gasteiger partial charge in [-0.15, -0.1) is 0 Å². The molecule has 6 rings (SSSR count). The summed E-state index contributed by atoms with van der Waals surface area (Å²) < 4.78 is 48.7. The Balaban J connectivity index is 1.19. The van der Waals surface area contributed by atoms with Crippen molar-refractivity contribution in [3.63, 3.8) is 0 Å². The summed E-state index contributed by atoms with van der Waals surface area (Å²) in [4.78, 5) is 23.5. The fourth-order valence-electron chi connectivity index (χ4n) is 5.38. The van der Waals surface area contributed by atoms with Gasteiger partial charge in [0, 0.05) is 54.5 Å². The monoisotopic (exact) mass is 535 g/mol. The van der Waals surface area contributed by atoms with Crippen molar-refractivity contribution in [1.29, 1.82) is 0 Å². The maximum atomic E-state index is 13.7. The van der Waals surface area contributed by atoms with Crippen molar-refractivity contribution in [2.24, 2.45) is 17.6 Å². The minimum Gasteiger partial charge on any atom is -0.474 e. The van der Waals surface area contributed by atoms with Crippen molar-refractivity contribution in [3.8, 4) is 17.1 Å². The van der Waals surface area contributed by atoms with Crippen molar-refractivity contribution in [2.45, 2.75) is 38.6 Å². The molecule has 4 heterocycles. The summed E-state index contributed by atoms with van der Waals surface area (Å²) in [5, 5.41) is 0. The van der Waals surface area contributed by atoms with Gasteiger partial charge < -0.3 is 19.8 Å². The molecule has 1 saturated heterocycles. The van der Waals surface area contributed by atoms with Gasteiger partial charge in [-0.2, -0.15) is 13.2 Å². The van der Waals surface area contributed by atoms with Crippen LogP contribution in [0, 0.1) is 18.8 Å². The maximum Gasteiger partial charge on any atom is 0.420 e. The second-order valence-electron chi connectivity index (χ2n) is 11.0. The van der Waals surface area contributed by atoms with Gasteiger partial charge in [0.25, 0.3) is 5.91 Å². The van der Waals surface area contributed by atoms with Crippen LogP contribution in [0.4, 0.5) is 13.2 Å². The number of benzene rings is 1. The molecule has 1 aromatic carbocycles. The van der Waals surface area contributed by atoms with E-state index in [0.29, 0.717) is 24.7 Å². The third-order valence-corrected chi connectivity index (χ3v) is 7.50. The normalized spacial score (nSPS) is 20.8. The molecule has 4 aromatic rings. The van der Waals surface area contributed by atoms with Crippen molar-refractivity contribution >= 4 is 11.6 Å². The van der Waals surface area contributed by atoms with Crippen molar-refractivity contribution in [2.75, 3.05) is 13.1 Å². The standard InChI is InChI=1S/C29H28F3N5O2/c1-16-12-36-13-18(9-22(26(36)34-16)29(30,31)32)27(38)37-14-20-21(15-37)25(20)39-24-11-19(28(2,3)33)10-23(35-24)17-7-5-4-6-8-17/h4-13,20-21,25H,14-15,33H2,1-3H3/t20-,21+,25?. The number of piperidine rings is 1. The molecule has 1 unspecified atom stereocenters. The fourth-order valence-corrected chi connectivity index (χ4v) is 5.38. The average Bonchev–Trinajstić information content (AvgIpc) is 3.20. The van der Waals surface area contributed by atoms with Gasteiger partial charge in [-0.05, 0) is 38.5 Å². The summed E-state index contributed by atoms with van der Waals surface area (Å²) in [5.74, 6) is 0.215. The number of fused-ring (bicyclic) bond motifs is 2. The van der Waals surface area contributed by atoms with E-state index < -0.39 is 23.2 Å². The number of imidazole rings is 1. The molecule has 1 aliphatic carbocycles. The maximum absolute atomic E-state index is 13.7. The molecule has 2 fully saturated rings. The molecule has 202 valence electrons. The minimum absolute atomic E-state index is 0.0157. The van der Waals surface area contributed by atoms with Gasteiger partial charge in [0.2, 0.25) is 5.88 Å². The van der Waals surface area contributed by atoms with Crippen molar-refractivity contribution in [3.05, 3.63) is 83.3 Å². The van der Waals surface area contributed by atoms with E-state index in [0.717, 1.165) is 22.9 Å². The number of aromatic nitrogens is 3. The summed E-state index contributed by atoms with van der Waals surface area (Å²) in [5.41, 5.74) is 7.68. The topological polar surface area (TPSA) is 85.8 Å². The van der Waals surface area contributed by atoms with Crippen LogP contribution in [0.25, 0.3) is 16.9 Å². The van der Waals surface area contributed by atoms with Gasteiger partial charge >= 0.3 is 6.18 Å². The largest absolute Gasteiger partial charge is 0.474 e. The molecule has 1 saturated carbocycles. The van der Waals surface area contributed by atoms with Gasteiger partial charge in [-0.3, -0.25) is 4.79 Å². The molecule has 0 radical (unpaired) electrons. The lowest BCUT2D eigenvalue weighted by Crippen LogP contribution is -2.33. The fraction of sp³-hybridized carbons (Fsp3) is 0.345. The Labute approximate surface area is 223 Å².